The largest absolute Gasteiger partial charge is 0.495 e. The lowest BCUT2D eigenvalue weighted by atomic mass is 9.95. The quantitative estimate of drug-likeness (QED) is 0.625. The predicted octanol–water partition coefficient (Wildman–Crippen LogP) is 2.45. The fourth-order valence-electron chi connectivity index (χ4n) is 3.87. The van der Waals surface area contributed by atoms with Gasteiger partial charge in [0.05, 0.1) is 18.7 Å². The van der Waals surface area contributed by atoms with Crippen LogP contribution in [0.3, 0.4) is 0 Å². The van der Waals surface area contributed by atoms with E-state index in [0.29, 0.717) is 23.7 Å². The van der Waals surface area contributed by atoms with E-state index in [2.05, 4.69) is 4.98 Å². The van der Waals surface area contributed by atoms with Gasteiger partial charge >= 0.3 is 0 Å². The number of aromatic nitrogens is 1. The number of hydrogen-bond donors (Lipinski definition) is 1. The van der Waals surface area contributed by atoms with Crippen LogP contribution in [-0.2, 0) is 5.72 Å². The van der Waals surface area contributed by atoms with Crippen LogP contribution in [0.5, 0.6) is 5.75 Å². The number of rotatable bonds is 6. The monoisotopic (exact) mass is 443 g/mol. The molecule has 0 spiro atoms. The molecule has 8 nitrogen and oxygen atoms in total. The van der Waals surface area contributed by atoms with E-state index in [1.165, 1.54) is 36.5 Å². The number of nitrogens with zero attached hydrogens (tertiary/aromatic N) is 3. The Morgan fingerprint density at radius 3 is 2.74 bits per heavy atom. The van der Waals surface area contributed by atoms with Gasteiger partial charge in [0.1, 0.15) is 16.9 Å². The van der Waals surface area contributed by atoms with Crippen LogP contribution < -0.4 is 10.2 Å². The third kappa shape index (κ3) is 3.46. The summed E-state index contributed by atoms with van der Waals surface area (Å²) in [4.78, 5) is 34.1. The van der Waals surface area contributed by atoms with Crippen LogP contribution in [0.15, 0.2) is 45.9 Å². The molecule has 31 heavy (non-hydrogen) atoms. The lowest BCUT2D eigenvalue weighted by molar-refractivity contribution is -0.0516. The molecular formula is C22H22ClN3O5. The highest BCUT2D eigenvalue weighted by atomic mass is 35.5. The van der Waals surface area contributed by atoms with Gasteiger partial charge in [-0.2, -0.15) is 0 Å². The first-order valence-electron chi connectivity index (χ1n) is 9.72. The minimum absolute atomic E-state index is 0.146. The van der Waals surface area contributed by atoms with Gasteiger partial charge in [-0.3, -0.25) is 19.5 Å². The number of pyridine rings is 1. The Balaban J connectivity index is 1.96. The van der Waals surface area contributed by atoms with E-state index in [9.17, 15) is 14.7 Å². The molecule has 1 N–H and O–H groups in total. The van der Waals surface area contributed by atoms with Gasteiger partial charge < -0.3 is 19.2 Å². The number of carbonyl (C=O) groups is 1. The minimum Gasteiger partial charge on any atom is -0.495 e. The zero-order valence-electron chi connectivity index (χ0n) is 17.4. The van der Waals surface area contributed by atoms with E-state index in [4.69, 9.17) is 20.8 Å². The summed E-state index contributed by atoms with van der Waals surface area (Å²) < 4.78 is 11.0. The molecule has 4 rings (SSSR count). The van der Waals surface area contributed by atoms with Crippen LogP contribution >= 0.6 is 11.6 Å². The topological polar surface area (TPSA) is 96.1 Å². The summed E-state index contributed by atoms with van der Waals surface area (Å²) in [5.74, 6) is -0.365. The normalized spacial score (nSPS) is 18.1. The average Bonchev–Trinajstić information content (AvgIpc) is 2.97. The molecule has 2 aromatic heterocycles. The lowest BCUT2D eigenvalue weighted by Crippen LogP contribution is -2.47. The molecule has 0 fully saturated rings. The standard InChI is InChI=1S/C22H22ClN3O5/c1-25(2)7-4-8-26-21(28)20-18(19(27)16-10-14(23)5-6-17(16)31-20)22(26,29)13-9-15(30-3)12-24-11-13/h5-6,9-12,29H,4,7-8H2,1-3H3. The molecule has 1 aromatic carbocycles. The number of fused-ring (bicyclic) bond motifs is 2. The molecule has 3 aromatic rings. The van der Waals surface area contributed by atoms with E-state index in [0.717, 1.165) is 0 Å². The van der Waals surface area contributed by atoms with Crippen molar-refractivity contribution < 1.29 is 19.1 Å². The second-order valence-corrected chi connectivity index (χ2v) is 8.11. The zero-order chi connectivity index (χ0) is 22.3. The SMILES string of the molecule is COc1cncc(C2(O)c3c(oc4ccc(Cl)cc4c3=O)C(=O)N2CCCN(C)C)c1. The molecule has 0 aliphatic carbocycles. The van der Waals surface area contributed by atoms with E-state index >= 15 is 0 Å². The molecule has 1 amide bonds. The predicted molar refractivity (Wildman–Crippen MR) is 115 cm³/mol. The second-order valence-electron chi connectivity index (χ2n) is 7.68. The van der Waals surface area contributed by atoms with Crippen molar-refractivity contribution in [2.45, 2.75) is 12.1 Å². The maximum absolute atomic E-state index is 13.5. The van der Waals surface area contributed by atoms with Gasteiger partial charge in [-0.25, -0.2) is 0 Å². The molecule has 0 bridgehead atoms. The van der Waals surface area contributed by atoms with Crippen LogP contribution in [0.1, 0.15) is 28.1 Å². The Morgan fingerprint density at radius 2 is 2.03 bits per heavy atom. The highest BCUT2D eigenvalue weighted by molar-refractivity contribution is 6.31. The van der Waals surface area contributed by atoms with Crippen molar-refractivity contribution in [3.8, 4) is 5.75 Å². The fraction of sp³-hybridized carbons (Fsp3) is 0.318. The molecule has 0 saturated heterocycles. The molecule has 162 valence electrons. The van der Waals surface area contributed by atoms with Crippen LogP contribution in [0.4, 0.5) is 0 Å². The van der Waals surface area contributed by atoms with Crippen molar-refractivity contribution in [3.05, 3.63) is 68.8 Å². The highest BCUT2D eigenvalue weighted by Gasteiger charge is 2.54. The van der Waals surface area contributed by atoms with Crippen molar-refractivity contribution in [1.82, 2.24) is 14.8 Å². The zero-order valence-corrected chi connectivity index (χ0v) is 18.1. The molecule has 0 radical (unpaired) electrons. The van der Waals surface area contributed by atoms with Crippen molar-refractivity contribution in [2.24, 2.45) is 0 Å². The van der Waals surface area contributed by atoms with Gasteiger partial charge in [0.15, 0.2) is 0 Å². The van der Waals surface area contributed by atoms with E-state index < -0.39 is 17.1 Å². The van der Waals surface area contributed by atoms with Gasteiger partial charge in [0.25, 0.3) is 5.91 Å². The Bertz CT molecular complexity index is 1230. The van der Waals surface area contributed by atoms with Crippen molar-refractivity contribution >= 4 is 28.5 Å². The van der Waals surface area contributed by atoms with E-state index in [1.54, 1.807) is 12.1 Å². The number of hydrogen-bond acceptors (Lipinski definition) is 7. The fourth-order valence-corrected chi connectivity index (χ4v) is 4.04. The first-order valence-corrected chi connectivity index (χ1v) is 10.1. The van der Waals surface area contributed by atoms with Crippen molar-refractivity contribution in [3.63, 3.8) is 0 Å². The molecule has 3 heterocycles. The second kappa shape index (κ2) is 7.96. The maximum Gasteiger partial charge on any atom is 0.293 e. The van der Waals surface area contributed by atoms with Crippen molar-refractivity contribution in [2.75, 3.05) is 34.3 Å². The molecule has 0 saturated carbocycles. The maximum atomic E-state index is 13.5. The van der Waals surface area contributed by atoms with Crippen LogP contribution in [0.2, 0.25) is 5.02 Å². The number of carbonyl (C=O) groups excluding carboxylic acids is 1. The van der Waals surface area contributed by atoms with Gasteiger partial charge in [0.2, 0.25) is 16.9 Å². The molecule has 1 atom stereocenters. The minimum atomic E-state index is -2.06. The third-order valence-electron chi connectivity index (χ3n) is 5.37. The number of methoxy groups -OCH3 is 1. The van der Waals surface area contributed by atoms with Gasteiger partial charge in [0, 0.05) is 23.3 Å². The molecular weight excluding hydrogens is 422 g/mol. The van der Waals surface area contributed by atoms with Gasteiger partial charge in [-0.05, 0) is 51.3 Å². The number of halogens is 1. The first-order chi connectivity index (χ1) is 14.8. The van der Waals surface area contributed by atoms with Crippen LogP contribution in [0, 0.1) is 0 Å². The summed E-state index contributed by atoms with van der Waals surface area (Å²) in [7, 11) is 5.30. The average molecular weight is 444 g/mol. The lowest BCUT2D eigenvalue weighted by Gasteiger charge is -2.34. The summed E-state index contributed by atoms with van der Waals surface area (Å²) in [6.45, 7) is 0.886. The first kappa shape index (κ1) is 21.3. The smallest absolute Gasteiger partial charge is 0.293 e. The summed E-state index contributed by atoms with van der Waals surface area (Å²) in [5.41, 5.74) is -2.27. The summed E-state index contributed by atoms with van der Waals surface area (Å²) in [6.07, 6.45) is 3.46. The number of amides is 1. The van der Waals surface area contributed by atoms with Crippen LogP contribution in [0.25, 0.3) is 11.0 Å². The Morgan fingerprint density at radius 1 is 1.26 bits per heavy atom. The molecule has 1 aliphatic rings. The molecule has 1 aliphatic heterocycles. The third-order valence-corrected chi connectivity index (χ3v) is 5.60. The number of ether oxygens (including phenoxy) is 1. The van der Waals surface area contributed by atoms with E-state index in [1.807, 2.05) is 19.0 Å². The summed E-state index contributed by atoms with van der Waals surface area (Å²) in [6, 6.07) is 6.13. The van der Waals surface area contributed by atoms with E-state index in [-0.39, 0.29) is 34.4 Å². The molecule has 9 heteroatoms. The summed E-state index contributed by atoms with van der Waals surface area (Å²) >= 11 is 6.07. The summed E-state index contributed by atoms with van der Waals surface area (Å²) in [5, 5.41) is 12.5. The Kier molecular flexibility index (Phi) is 5.47. The Hall–Kier alpha value is -2.94. The van der Waals surface area contributed by atoms with Gasteiger partial charge in [-0.1, -0.05) is 11.6 Å². The number of aliphatic hydroxyl groups is 1. The highest BCUT2D eigenvalue weighted by Crippen LogP contribution is 2.42. The van der Waals surface area contributed by atoms with Crippen LogP contribution in [-0.4, -0.2) is 60.1 Å². The number of benzene rings is 1. The van der Waals surface area contributed by atoms with Crippen molar-refractivity contribution in [1.29, 1.82) is 0 Å². The molecule has 1 unspecified atom stereocenters. The Labute approximate surface area is 183 Å². The van der Waals surface area contributed by atoms with Gasteiger partial charge in [-0.15, -0.1) is 0 Å².